The average molecular weight is 1840 g/mol. The maximum absolute atomic E-state index is 9.30. The van der Waals surface area contributed by atoms with Crippen LogP contribution in [0.5, 0.6) is 46.0 Å². The third-order valence-corrected chi connectivity index (χ3v) is 23.2. The summed E-state index contributed by atoms with van der Waals surface area (Å²) in [6.07, 6.45) is 28.9. The van der Waals surface area contributed by atoms with Crippen LogP contribution in [0.25, 0.3) is 89.2 Å². The van der Waals surface area contributed by atoms with Crippen molar-refractivity contribution in [1.29, 1.82) is 0 Å². The Balaban J connectivity index is 0.000000139. The number of hydrogen-bond donors (Lipinski definition) is 3. The molecule has 35 nitrogen and oxygen atoms in total. The fraction of sp³-hybridized carbons (Fsp3) is 0.307. The van der Waals surface area contributed by atoms with Gasteiger partial charge in [-0.05, 0) is 151 Å². The van der Waals surface area contributed by atoms with E-state index >= 15 is 0 Å². The van der Waals surface area contributed by atoms with Crippen molar-refractivity contribution in [2.75, 3.05) is 142 Å². The highest BCUT2D eigenvalue weighted by Crippen LogP contribution is 2.41. The van der Waals surface area contributed by atoms with Crippen LogP contribution < -0.4 is 62.8 Å². The van der Waals surface area contributed by atoms with Gasteiger partial charge in [0.2, 0.25) is 0 Å². The highest BCUT2D eigenvalue weighted by molar-refractivity contribution is 5.93. The zero-order valence-electron chi connectivity index (χ0n) is 79.0. The molecule has 0 radical (unpaired) electrons. The van der Waals surface area contributed by atoms with Crippen LogP contribution in [0.3, 0.4) is 0 Å². The highest BCUT2D eigenvalue weighted by Gasteiger charge is 2.24. The number of ether oxygens (including phenoxy) is 9. The van der Waals surface area contributed by atoms with Crippen molar-refractivity contribution >= 4 is 101 Å². The topological polar surface area (TPSA) is 351 Å². The Kier molecular flexibility index (Phi) is 31.6. The SMILES string of the molecule is CCNCCN(c1cc(OC)cc(OC)c1)c1ccc2ncc(-c3cnn(C)c3)nc2c1.COc1cc(OC)cc(N(C/C(C)=N/O)c2ccc3ncc(-c4cnn(C)c4)nc3c2)c1.COc1cc(OC)cc(N(C/C(C)=N\O)c2ccc3ncc(-c4cnn(C)c4)nc3c2)c1.COc1cc(OC)cc(N(CCCN2CCCC2)c2ccc3ncc(-c4cnn(C5CCCCO5)c4)nc3c2)c1. The van der Waals surface area contributed by atoms with Gasteiger partial charge in [0.05, 0.1) is 198 Å². The second kappa shape index (κ2) is 45.2. The van der Waals surface area contributed by atoms with Gasteiger partial charge in [0.1, 0.15) is 52.2 Å². The fourth-order valence-corrected chi connectivity index (χ4v) is 16.1. The number of aryl methyl sites for hydroxylation is 3. The first-order valence-electron chi connectivity index (χ1n) is 44.8. The van der Waals surface area contributed by atoms with E-state index < -0.39 is 0 Å². The van der Waals surface area contributed by atoms with Gasteiger partial charge in [0, 0.05) is 213 Å². The van der Waals surface area contributed by atoms with E-state index in [1.165, 1.54) is 25.9 Å². The molecule has 136 heavy (non-hydrogen) atoms. The summed E-state index contributed by atoms with van der Waals surface area (Å²) >= 11 is 0. The van der Waals surface area contributed by atoms with Crippen molar-refractivity contribution in [3.8, 4) is 91.0 Å². The van der Waals surface area contributed by atoms with E-state index in [1.807, 2.05) is 170 Å². The minimum Gasteiger partial charge on any atom is -0.497 e. The Labute approximate surface area is 789 Å². The number of aromatic nitrogens is 16. The van der Waals surface area contributed by atoms with E-state index in [0.717, 1.165) is 223 Å². The maximum Gasteiger partial charge on any atom is 0.150 e. The first kappa shape index (κ1) is 95.0. The summed E-state index contributed by atoms with van der Waals surface area (Å²) in [7, 11) is 18.7. The van der Waals surface area contributed by atoms with Gasteiger partial charge in [-0.1, -0.05) is 17.2 Å². The molecule has 1 atom stereocenters. The summed E-state index contributed by atoms with van der Waals surface area (Å²) in [6, 6.07) is 47.2. The number of likely N-dealkylation sites (tertiary alicyclic amines) is 1. The molecular weight excluding hydrogens is 1730 g/mol. The summed E-state index contributed by atoms with van der Waals surface area (Å²) < 4.78 is 57.0. The molecule has 10 heterocycles. The van der Waals surface area contributed by atoms with Gasteiger partial charge < -0.3 is 82.9 Å². The number of fused-ring (bicyclic) bond motifs is 4. The van der Waals surface area contributed by atoms with Crippen LogP contribution in [0.4, 0.5) is 45.5 Å². The number of nitrogens with one attached hydrogen (secondary N) is 1. The lowest BCUT2D eigenvalue weighted by Crippen LogP contribution is -2.28. The number of anilines is 8. The number of methoxy groups -OCH3 is 8. The third-order valence-electron chi connectivity index (χ3n) is 23.2. The number of hydrogen-bond acceptors (Lipinski definition) is 31. The Morgan fingerprint density at radius 2 is 0.706 bits per heavy atom. The number of rotatable bonds is 33. The lowest BCUT2D eigenvalue weighted by molar-refractivity contribution is -0.0394. The van der Waals surface area contributed by atoms with E-state index in [-0.39, 0.29) is 6.23 Å². The molecule has 0 bridgehead atoms. The lowest BCUT2D eigenvalue weighted by Gasteiger charge is -2.27. The van der Waals surface area contributed by atoms with Gasteiger partial charge in [-0.15, -0.1) is 0 Å². The molecule has 0 spiro atoms. The molecule has 8 aromatic heterocycles. The van der Waals surface area contributed by atoms with Gasteiger partial charge in [-0.2, -0.15) is 20.4 Å². The molecule has 8 aromatic carbocycles. The number of likely N-dealkylation sites (N-methyl/N-ethyl adjacent to an activating group) is 1. The second-order valence-corrected chi connectivity index (χ2v) is 32.6. The summed E-state index contributed by atoms with van der Waals surface area (Å²) in [5.41, 5.74) is 21.7. The monoisotopic (exact) mass is 1840 g/mol. The van der Waals surface area contributed by atoms with Crippen LogP contribution in [-0.4, -0.2) is 228 Å². The Hall–Kier alpha value is -15.6. The normalized spacial score (nSPS) is 13.3. The molecule has 35 heteroatoms. The quantitative estimate of drug-likeness (QED) is 0.0149. The predicted octanol–water partition coefficient (Wildman–Crippen LogP) is 17.7. The number of benzene rings is 8. The van der Waals surface area contributed by atoms with Crippen LogP contribution in [-0.2, 0) is 25.9 Å². The highest BCUT2D eigenvalue weighted by atomic mass is 16.5. The van der Waals surface area contributed by atoms with Crippen molar-refractivity contribution in [2.24, 2.45) is 31.5 Å². The third kappa shape index (κ3) is 23.7. The number of nitrogens with zero attached hydrogens (tertiary/aromatic N) is 23. The van der Waals surface area contributed by atoms with Crippen LogP contribution >= 0.6 is 0 Å². The maximum atomic E-state index is 9.30. The molecule has 2 aliphatic rings. The predicted molar refractivity (Wildman–Crippen MR) is 530 cm³/mol. The van der Waals surface area contributed by atoms with E-state index in [2.05, 4.69) is 109 Å². The minimum absolute atomic E-state index is 0.00325. The standard InChI is InChI=1S/C31H38N6O3.C24H28N6O2.2C23H24N6O3/c1-38-26-16-25(17-27(19-26)39-2)36(14-7-13-35-11-4-5-12-35)24-9-10-28-29(18-24)34-30(21-32-28)23-20-33-37(22-23)31-8-3-6-15-40-31;1-5-25-8-9-30(19-10-20(31-3)13-21(11-19)32-4)18-6-7-22-23(12-18)28-24(15-26-22)17-14-27-29(2)16-17;2*1-15(27-30)13-29(18-7-19(31-3)10-20(8-18)32-4)17-5-6-21-22(9-17)26-23(12-24-21)16-11-25-28(2)14-16/h9-10,16-22,31H,3-8,11-15H2,1-2H3;6-7,10-16,25H,5,8-9H2,1-4H3;2*5-12,14,30H,13H2,1-4H3/b;;27-15+;27-15-. The number of oxime groups is 2. The molecule has 2 fully saturated rings. The van der Waals surface area contributed by atoms with Crippen LogP contribution in [0.1, 0.15) is 65.5 Å². The Morgan fingerprint density at radius 1 is 0.382 bits per heavy atom. The molecule has 2 saturated heterocycles. The van der Waals surface area contributed by atoms with Crippen molar-refractivity contribution in [2.45, 2.75) is 65.5 Å². The smallest absolute Gasteiger partial charge is 0.150 e. The largest absolute Gasteiger partial charge is 0.497 e. The van der Waals surface area contributed by atoms with Crippen molar-refractivity contribution in [3.63, 3.8) is 0 Å². The minimum atomic E-state index is -0.00325. The average Bonchev–Trinajstić information content (AvgIpc) is 0.920. The molecule has 3 N–H and O–H groups in total. The van der Waals surface area contributed by atoms with E-state index in [1.54, 1.807) is 134 Å². The zero-order valence-corrected chi connectivity index (χ0v) is 79.0. The van der Waals surface area contributed by atoms with E-state index in [9.17, 15) is 10.4 Å². The summed E-state index contributed by atoms with van der Waals surface area (Å²) in [6.45, 7) is 14.0. The zero-order chi connectivity index (χ0) is 95.1. The summed E-state index contributed by atoms with van der Waals surface area (Å²) in [5, 5.41) is 46.0. The van der Waals surface area contributed by atoms with Gasteiger partial charge in [0.15, 0.2) is 0 Å². The van der Waals surface area contributed by atoms with Gasteiger partial charge >= 0.3 is 0 Å². The van der Waals surface area contributed by atoms with E-state index in [4.69, 9.17) is 67.6 Å². The molecule has 1 unspecified atom stereocenters. The molecule has 16 aromatic rings. The fourth-order valence-electron chi connectivity index (χ4n) is 16.1. The molecule has 704 valence electrons. The molecule has 2 aliphatic heterocycles. The van der Waals surface area contributed by atoms with Gasteiger partial charge in [-0.25, -0.2) is 24.6 Å². The van der Waals surface area contributed by atoms with Crippen LogP contribution in [0.15, 0.2) is 230 Å². The van der Waals surface area contributed by atoms with Gasteiger partial charge in [0.25, 0.3) is 0 Å². The second-order valence-electron chi connectivity index (χ2n) is 32.6. The lowest BCUT2D eigenvalue weighted by atomic mass is 10.1. The molecule has 18 rings (SSSR count). The molecule has 0 aliphatic carbocycles. The van der Waals surface area contributed by atoms with Gasteiger partial charge in [-0.3, -0.25) is 34.0 Å². The first-order valence-corrected chi connectivity index (χ1v) is 44.8. The summed E-state index contributed by atoms with van der Waals surface area (Å²) in [5.74, 6) is 5.63. The Morgan fingerprint density at radius 3 is 1.01 bits per heavy atom. The van der Waals surface area contributed by atoms with Crippen molar-refractivity contribution in [1.82, 2.24) is 89.2 Å². The van der Waals surface area contributed by atoms with Crippen molar-refractivity contribution < 1.29 is 53.0 Å². The van der Waals surface area contributed by atoms with Crippen LogP contribution in [0, 0.1) is 0 Å². The molecular formula is C101H114N24O11. The summed E-state index contributed by atoms with van der Waals surface area (Å²) in [4.78, 5) is 49.0. The van der Waals surface area contributed by atoms with E-state index in [0.29, 0.717) is 47.5 Å². The van der Waals surface area contributed by atoms with Crippen LogP contribution in [0.2, 0.25) is 0 Å². The molecule has 0 amide bonds. The molecule has 0 saturated carbocycles. The first-order chi connectivity index (χ1) is 66.3. The Bertz CT molecular complexity index is 6520. The van der Waals surface area contributed by atoms with Crippen molar-refractivity contribution in [3.05, 3.63) is 220 Å².